The quantitative estimate of drug-likeness (QED) is 0.397. The first kappa shape index (κ1) is 21.2. The van der Waals surface area contributed by atoms with Gasteiger partial charge in [0.2, 0.25) is 0 Å². The lowest BCUT2D eigenvalue weighted by Gasteiger charge is -2.11. The Morgan fingerprint density at radius 3 is 2.41 bits per heavy atom. The summed E-state index contributed by atoms with van der Waals surface area (Å²) in [5, 5.41) is 2.91. The third-order valence-electron chi connectivity index (χ3n) is 4.47. The number of hydrogen-bond acceptors (Lipinski definition) is 5. The molecule has 0 aromatic heterocycles. The van der Waals surface area contributed by atoms with Crippen LogP contribution >= 0.6 is 0 Å². The third kappa shape index (κ3) is 7.99. The van der Waals surface area contributed by atoms with Gasteiger partial charge in [0, 0.05) is 13.1 Å². The van der Waals surface area contributed by atoms with E-state index in [1.807, 2.05) is 24.3 Å². The minimum absolute atomic E-state index is 0.101. The molecule has 1 fully saturated rings. The molecule has 0 radical (unpaired) electrons. The summed E-state index contributed by atoms with van der Waals surface area (Å²) in [4.78, 5) is 21.7. The van der Waals surface area contributed by atoms with Crippen molar-refractivity contribution in [1.29, 1.82) is 0 Å². The van der Waals surface area contributed by atoms with Gasteiger partial charge in [0.15, 0.2) is 0 Å². The van der Waals surface area contributed by atoms with E-state index in [1.54, 1.807) is 0 Å². The normalized spacial score (nSPS) is 14.9. The molecule has 1 aliphatic carbocycles. The Morgan fingerprint density at radius 2 is 1.78 bits per heavy atom. The van der Waals surface area contributed by atoms with E-state index in [2.05, 4.69) is 10.1 Å². The van der Waals surface area contributed by atoms with Gasteiger partial charge in [0.25, 0.3) is 0 Å². The van der Waals surface area contributed by atoms with E-state index in [4.69, 9.17) is 4.74 Å². The molecule has 8 heteroatoms. The third-order valence-corrected chi connectivity index (χ3v) is 4.47. The van der Waals surface area contributed by atoms with E-state index in [-0.39, 0.29) is 13.0 Å². The van der Waals surface area contributed by atoms with E-state index < -0.39 is 18.1 Å². The van der Waals surface area contributed by atoms with Gasteiger partial charge >= 0.3 is 18.1 Å². The Hall–Kier alpha value is -2.09. The van der Waals surface area contributed by atoms with Crippen LogP contribution in [0.4, 0.5) is 13.2 Å². The van der Waals surface area contributed by atoms with Gasteiger partial charge in [-0.2, -0.15) is 13.2 Å². The van der Waals surface area contributed by atoms with E-state index in [0.717, 1.165) is 23.7 Å². The number of alkyl halides is 3. The monoisotopic (exact) mass is 387 g/mol. The molecule has 1 aliphatic rings. The van der Waals surface area contributed by atoms with E-state index >= 15 is 0 Å². The number of benzene rings is 1. The molecule has 0 amide bonds. The number of rotatable bonds is 9. The number of nitrogens with one attached hydrogen (secondary N) is 1. The highest BCUT2D eigenvalue weighted by Crippen LogP contribution is 2.27. The first-order valence-electron chi connectivity index (χ1n) is 9.09. The maximum absolute atomic E-state index is 12.0. The summed E-state index contributed by atoms with van der Waals surface area (Å²) < 4.78 is 45.3. The second-order valence-corrected chi connectivity index (χ2v) is 6.62. The predicted octanol–water partition coefficient (Wildman–Crippen LogP) is 3.76. The highest BCUT2D eigenvalue weighted by Gasteiger charge is 2.42. The molecule has 1 N–H and O–H groups in total. The van der Waals surface area contributed by atoms with Gasteiger partial charge in [-0.15, -0.1) is 0 Å². The van der Waals surface area contributed by atoms with Crippen LogP contribution in [-0.4, -0.2) is 31.3 Å². The van der Waals surface area contributed by atoms with Crippen LogP contribution in [0.2, 0.25) is 0 Å². The molecule has 1 aromatic rings. The summed E-state index contributed by atoms with van der Waals surface area (Å²) in [5.41, 5.74) is 0.942. The van der Waals surface area contributed by atoms with Crippen LogP contribution in [-0.2, 0) is 20.9 Å². The van der Waals surface area contributed by atoms with E-state index in [1.165, 1.54) is 25.7 Å². The minimum Gasteiger partial charge on any atom is -0.494 e. The molecule has 0 atom stereocenters. The molecule has 0 aliphatic heterocycles. The van der Waals surface area contributed by atoms with E-state index in [0.29, 0.717) is 13.2 Å². The minimum atomic E-state index is -5.16. The Labute approximate surface area is 156 Å². The summed E-state index contributed by atoms with van der Waals surface area (Å²) in [6.07, 6.45) is 0.827. The molecule has 2 rings (SSSR count). The standard InChI is InChI=1S/C19H24F3NO4/c20-19(21,22)18(25)27-17(24)9-11-23-13-15-5-7-16(8-6-15)26-12-10-14-3-1-2-4-14/h5-8,14,23H,1-4,9-13H2. The van der Waals surface area contributed by atoms with Crippen LogP contribution < -0.4 is 10.1 Å². The molecule has 0 bridgehead atoms. The largest absolute Gasteiger partial charge is 0.494 e. The van der Waals surface area contributed by atoms with Crippen molar-refractivity contribution in [2.24, 2.45) is 5.92 Å². The van der Waals surface area contributed by atoms with Gasteiger partial charge in [0.05, 0.1) is 13.0 Å². The van der Waals surface area contributed by atoms with Crippen molar-refractivity contribution in [2.75, 3.05) is 13.2 Å². The molecule has 1 saturated carbocycles. The van der Waals surface area contributed by atoms with E-state index in [9.17, 15) is 22.8 Å². The Bertz CT molecular complexity index is 610. The zero-order valence-corrected chi connectivity index (χ0v) is 15.0. The first-order chi connectivity index (χ1) is 12.8. The molecule has 0 spiro atoms. The average molecular weight is 387 g/mol. The molecule has 5 nitrogen and oxygen atoms in total. The number of carbonyl (C=O) groups excluding carboxylic acids is 2. The molecule has 0 saturated heterocycles. The van der Waals surface area contributed by atoms with Crippen LogP contribution in [0.3, 0.4) is 0 Å². The number of ether oxygens (including phenoxy) is 2. The molecule has 27 heavy (non-hydrogen) atoms. The summed E-state index contributed by atoms with van der Waals surface area (Å²) in [5.74, 6) is -2.12. The Kier molecular flexibility index (Phi) is 8.09. The van der Waals surface area contributed by atoms with Crippen molar-refractivity contribution in [2.45, 2.75) is 51.2 Å². The molecular formula is C19H24F3NO4. The second-order valence-electron chi connectivity index (χ2n) is 6.62. The smallest absolute Gasteiger partial charge is 0.491 e. The van der Waals surface area contributed by atoms with Crippen LogP contribution in [0.5, 0.6) is 5.75 Å². The van der Waals surface area contributed by atoms with Crippen molar-refractivity contribution >= 4 is 11.9 Å². The molecular weight excluding hydrogens is 363 g/mol. The fourth-order valence-electron chi connectivity index (χ4n) is 2.98. The topological polar surface area (TPSA) is 64.6 Å². The van der Waals surface area contributed by atoms with Crippen molar-refractivity contribution in [3.05, 3.63) is 29.8 Å². The Balaban J connectivity index is 1.59. The van der Waals surface area contributed by atoms with Gasteiger partial charge in [-0.25, -0.2) is 4.79 Å². The fraction of sp³-hybridized carbons (Fsp3) is 0.579. The van der Waals surface area contributed by atoms with Crippen molar-refractivity contribution in [3.63, 3.8) is 0 Å². The lowest BCUT2D eigenvalue weighted by atomic mass is 10.1. The van der Waals surface area contributed by atoms with Crippen molar-refractivity contribution < 1.29 is 32.2 Å². The lowest BCUT2D eigenvalue weighted by Crippen LogP contribution is -2.29. The maximum atomic E-state index is 12.0. The second kappa shape index (κ2) is 10.3. The van der Waals surface area contributed by atoms with Gasteiger partial charge in [0.1, 0.15) is 5.75 Å². The number of halogens is 3. The zero-order valence-electron chi connectivity index (χ0n) is 15.0. The zero-order chi connectivity index (χ0) is 19.7. The number of hydrogen-bond donors (Lipinski definition) is 1. The Morgan fingerprint density at radius 1 is 1.11 bits per heavy atom. The van der Waals surface area contributed by atoms with Crippen LogP contribution in [0.25, 0.3) is 0 Å². The number of carbonyl (C=O) groups is 2. The fourth-order valence-corrected chi connectivity index (χ4v) is 2.98. The highest BCUT2D eigenvalue weighted by atomic mass is 19.4. The van der Waals surface area contributed by atoms with Crippen molar-refractivity contribution in [3.8, 4) is 5.75 Å². The van der Waals surface area contributed by atoms with Crippen LogP contribution in [0.1, 0.15) is 44.1 Å². The summed E-state index contributed by atoms with van der Waals surface area (Å²) >= 11 is 0. The molecule has 0 unspecified atom stereocenters. The van der Waals surface area contributed by atoms with Gasteiger partial charge in [-0.3, -0.25) is 4.79 Å². The SMILES string of the molecule is O=C(CCNCc1ccc(OCCC2CCCC2)cc1)OC(=O)C(F)(F)F. The molecule has 150 valence electrons. The molecule has 1 aromatic carbocycles. The summed E-state index contributed by atoms with van der Waals surface area (Å²) in [7, 11) is 0. The lowest BCUT2D eigenvalue weighted by molar-refractivity contribution is -0.201. The first-order valence-corrected chi connectivity index (χ1v) is 9.09. The van der Waals surface area contributed by atoms with Gasteiger partial charge in [-0.1, -0.05) is 37.8 Å². The predicted molar refractivity (Wildman–Crippen MR) is 92.0 cm³/mol. The summed E-state index contributed by atoms with van der Waals surface area (Å²) in [6, 6.07) is 7.48. The van der Waals surface area contributed by atoms with Crippen LogP contribution in [0, 0.1) is 5.92 Å². The van der Waals surface area contributed by atoms with Crippen molar-refractivity contribution in [1.82, 2.24) is 5.32 Å². The average Bonchev–Trinajstić information content (AvgIpc) is 3.12. The molecule has 0 heterocycles. The summed E-state index contributed by atoms with van der Waals surface area (Å²) in [6.45, 7) is 1.24. The highest BCUT2D eigenvalue weighted by molar-refractivity contribution is 5.88. The van der Waals surface area contributed by atoms with Gasteiger partial charge < -0.3 is 14.8 Å². The maximum Gasteiger partial charge on any atom is 0.491 e. The number of esters is 2. The van der Waals surface area contributed by atoms with Crippen LogP contribution in [0.15, 0.2) is 24.3 Å². The van der Waals surface area contributed by atoms with Gasteiger partial charge in [-0.05, 0) is 30.0 Å².